The van der Waals surface area contributed by atoms with E-state index in [1.165, 1.54) is 0 Å². The van der Waals surface area contributed by atoms with Crippen molar-refractivity contribution in [2.45, 2.75) is 32.2 Å². The minimum atomic E-state index is -0.389. The van der Waals surface area contributed by atoms with Gasteiger partial charge in [0.15, 0.2) is 0 Å². The maximum atomic E-state index is 12.2. The summed E-state index contributed by atoms with van der Waals surface area (Å²) in [6, 6.07) is 7.50. The molecule has 1 fully saturated rings. The van der Waals surface area contributed by atoms with Crippen LogP contribution in [0.25, 0.3) is 0 Å². The molecule has 6 heteroatoms. The first-order chi connectivity index (χ1) is 10.5. The van der Waals surface area contributed by atoms with Crippen LogP contribution >= 0.6 is 0 Å². The molecule has 0 unspecified atom stereocenters. The fourth-order valence-electron chi connectivity index (χ4n) is 2.52. The van der Waals surface area contributed by atoms with Gasteiger partial charge in [0, 0.05) is 17.6 Å². The molecule has 6 nitrogen and oxygen atoms in total. The van der Waals surface area contributed by atoms with Crippen LogP contribution in [-0.4, -0.2) is 31.0 Å². The number of primary amides is 1. The molecule has 0 radical (unpaired) electrons. The quantitative estimate of drug-likeness (QED) is 0.738. The predicted molar refractivity (Wildman–Crippen MR) is 84.6 cm³/mol. The van der Waals surface area contributed by atoms with Gasteiger partial charge in [-0.2, -0.15) is 0 Å². The van der Waals surface area contributed by atoms with Gasteiger partial charge in [0.05, 0.1) is 13.0 Å². The highest BCUT2D eigenvalue weighted by molar-refractivity contribution is 5.92. The van der Waals surface area contributed by atoms with Crippen molar-refractivity contribution in [2.24, 2.45) is 11.7 Å². The van der Waals surface area contributed by atoms with E-state index >= 15 is 0 Å². The van der Waals surface area contributed by atoms with Crippen molar-refractivity contribution in [3.63, 3.8) is 0 Å². The number of piperidine rings is 1. The molecule has 0 spiro atoms. The lowest BCUT2D eigenvalue weighted by atomic mass is 9.92. The van der Waals surface area contributed by atoms with Crippen LogP contribution in [-0.2, 0) is 9.59 Å². The van der Waals surface area contributed by atoms with E-state index in [0.29, 0.717) is 11.8 Å². The summed E-state index contributed by atoms with van der Waals surface area (Å²) in [6.07, 6.45) is 1.91. The van der Waals surface area contributed by atoms with Gasteiger partial charge in [0.1, 0.15) is 5.75 Å². The van der Waals surface area contributed by atoms with Gasteiger partial charge in [-0.05, 0) is 50.6 Å². The summed E-state index contributed by atoms with van der Waals surface area (Å²) in [5.74, 6) is 0.383. The van der Waals surface area contributed by atoms with Crippen molar-refractivity contribution in [1.29, 1.82) is 0 Å². The minimum absolute atomic E-state index is 0.0581. The first-order valence-electron chi connectivity index (χ1n) is 7.60. The maximum absolute atomic E-state index is 12.2. The van der Waals surface area contributed by atoms with Crippen LogP contribution in [0.1, 0.15) is 26.2 Å². The lowest BCUT2D eigenvalue weighted by Gasteiger charge is -2.27. The molecule has 22 heavy (non-hydrogen) atoms. The van der Waals surface area contributed by atoms with E-state index in [1.54, 1.807) is 24.3 Å². The molecule has 1 aliphatic heterocycles. The summed E-state index contributed by atoms with van der Waals surface area (Å²) in [7, 11) is 0. The molecule has 4 N–H and O–H groups in total. The minimum Gasteiger partial charge on any atom is -0.493 e. The number of hydrogen-bond donors (Lipinski definition) is 3. The summed E-state index contributed by atoms with van der Waals surface area (Å²) in [4.78, 5) is 22.9. The molecule has 1 aromatic rings. The normalized spacial score (nSPS) is 21.1. The lowest BCUT2D eigenvalue weighted by molar-refractivity contribution is -0.121. The molecular weight excluding hydrogens is 282 g/mol. The topological polar surface area (TPSA) is 93.4 Å². The largest absolute Gasteiger partial charge is 0.493 e. The van der Waals surface area contributed by atoms with Crippen LogP contribution in [0.5, 0.6) is 5.75 Å². The second kappa shape index (κ2) is 7.79. The van der Waals surface area contributed by atoms with Gasteiger partial charge >= 0.3 is 0 Å². The predicted octanol–water partition coefficient (Wildman–Crippen LogP) is 1.27. The van der Waals surface area contributed by atoms with E-state index in [4.69, 9.17) is 10.5 Å². The number of anilines is 1. The number of carbonyl (C=O) groups is 2. The zero-order chi connectivity index (χ0) is 15.9. The Balaban J connectivity index is 1.82. The standard InChI is InChI=1S/C16H23N3O3/c1-11-10-12(6-8-18-11)16(21)19-13-2-4-14(5-3-13)22-9-7-15(17)20/h2-5,11-12,18H,6-10H2,1H3,(H2,17,20)(H,19,21)/t11-,12-/m0/s1. The van der Waals surface area contributed by atoms with Crippen LogP contribution in [0.15, 0.2) is 24.3 Å². The number of rotatable bonds is 6. The van der Waals surface area contributed by atoms with Crippen LogP contribution < -0.4 is 21.1 Å². The molecule has 0 saturated carbocycles. The lowest BCUT2D eigenvalue weighted by Crippen LogP contribution is -2.40. The van der Waals surface area contributed by atoms with Gasteiger partial charge in [-0.25, -0.2) is 0 Å². The third-order valence-electron chi connectivity index (χ3n) is 3.73. The van der Waals surface area contributed by atoms with Crippen molar-refractivity contribution < 1.29 is 14.3 Å². The van der Waals surface area contributed by atoms with Crippen LogP contribution in [0.2, 0.25) is 0 Å². The molecule has 0 bridgehead atoms. The second-order valence-electron chi connectivity index (χ2n) is 5.65. The number of amides is 2. The Hall–Kier alpha value is -2.08. The number of benzene rings is 1. The maximum Gasteiger partial charge on any atom is 0.227 e. The average Bonchev–Trinajstić information content (AvgIpc) is 2.48. The second-order valence-corrected chi connectivity index (χ2v) is 5.65. The van der Waals surface area contributed by atoms with E-state index in [-0.39, 0.29) is 30.8 Å². The highest BCUT2D eigenvalue weighted by Gasteiger charge is 2.24. The first kappa shape index (κ1) is 16.3. The molecule has 1 saturated heterocycles. The van der Waals surface area contributed by atoms with Crippen LogP contribution in [0.4, 0.5) is 5.69 Å². The van der Waals surface area contributed by atoms with Crippen molar-refractivity contribution in [1.82, 2.24) is 5.32 Å². The van der Waals surface area contributed by atoms with Gasteiger partial charge in [-0.15, -0.1) is 0 Å². The van der Waals surface area contributed by atoms with Gasteiger partial charge in [0.25, 0.3) is 0 Å². The molecule has 120 valence electrons. The van der Waals surface area contributed by atoms with Crippen LogP contribution in [0, 0.1) is 5.92 Å². The van der Waals surface area contributed by atoms with Crippen molar-refractivity contribution in [3.8, 4) is 5.75 Å². The van der Waals surface area contributed by atoms with Crippen molar-refractivity contribution >= 4 is 17.5 Å². The number of hydrogen-bond acceptors (Lipinski definition) is 4. The van der Waals surface area contributed by atoms with E-state index < -0.39 is 0 Å². The SMILES string of the molecule is C[C@H]1C[C@@H](C(=O)Nc2ccc(OCCC(N)=O)cc2)CCN1. The van der Waals surface area contributed by atoms with E-state index in [2.05, 4.69) is 17.6 Å². The third-order valence-corrected chi connectivity index (χ3v) is 3.73. The Kier molecular flexibility index (Phi) is 5.77. The highest BCUT2D eigenvalue weighted by Crippen LogP contribution is 2.20. The molecule has 2 rings (SSSR count). The Labute approximate surface area is 130 Å². The average molecular weight is 305 g/mol. The van der Waals surface area contributed by atoms with Crippen molar-refractivity contribution in [2.75, 3.05) is 18.5 Å². The third kappa shape index (κ3) is 5.04. The number of nitrogens with two attached hydrogens (primary N) is 1. The summed E-state index contributed by atoms with van der Waals surface area (Å²) < 4.78 is 5.39. The van der Waals surface area contributed by atoms with Gasteiger partial charge in [-0.3, -0.25) is 9.59 Å². The molecule has 2 atom stereocenters. The molecule has 1 aliphatic rings. The highest BCUT2D eigenvalue weighted by atomic mass is 16.5. The monoisotopic (exact) mass is 305 g/mol. The fourth-order valence-corrected chi connectivity index (χ4v) is 2.52. The molecule has 1 heterocycles. The molecule has 2 amide bonds. The zero-order valence-corrected chi connectivity index (χ0v) is 12.8. The molecule has 0 aliphatic carbocycles. The Morgan fingerprint density at radius 2 is 2.09 bits per heavy atom. The summed E-state index contributed by atoms with van der Waals surface area (Å²) in [5.41, 5.74) is 5.79. The fraction of sp³-hybridized carbons (Fsp3) is 0.500. The number of ether oxygens (including phenoxy) is 1. The summed E-state index contributed by atoms with van der Waals surface area (Å²) >= 11 is 0. The van der Waals surface area contributed by atoms with E-state index in [0.717, 1.165) is 25.1 Å². The molecule has 0 aromatic heterocycles. The number of nitrogens with one attached hydrogen (secondary N) is 2. The van der Waals surface area contributed by atoms with Crippen molar-refractivity contribution in [3.05, 3.63) is 24.3 Å². The van der Waals surface area contributed by atoms with Gasteiger partial charge < -0.3 is 21.1 Å². The van der Waals surface area contributed by atoms with E-state index in [1.807, 2.05) is 0 Å². The zero-order valence-electron chi connectivity index (χ0n) is 12.8. The Morgan fingerprint density at radius 3 is 2.73 bits per heavy atom. The smallest absolute Gasteiger partial charge is 0.227 e. The van der Waals surface area contributed by atoms with Crippen LogP contribution in [0.3, 0.4) is 0 Å². The Bertz CT molecular complexity index is 516. The summed E-state index contributed by atoms with van der Waals surface area (Å²) in [5, 5.41) is 6.27. The molecular formula is C16H23N3O3. The number of carbonyl (C=O) groups excluding carboxylic acids is 2. The molecule has 1 aromatic carbocycles. The first-order valence-corrected chi connectivity index (χ1v) is 7.60. The van der Waals surface area contributed by atoms with Gasteiger partial charge in [-0.1, -0.05) is 0 Å². The summed E-state index contributed by atoms with van der Waals surface area (Å²) in [6.45, 7) is 3.23. The van der Waals surface area contributed by atoms with Gasteiger partial charge in [0.2, 0.25) is 11.8 Å². The van der Waals surface area contributed by atoms with E-state index in [9.17, 15) is 9.59 Å². The Morgan fingerprint density at radius 1 is 1.36 bits per heavy atom.